The fraction of sp³-hybridized carbons (Fsp3) is 0.263. The van der Waals surface area contributed by atoms with E-state index < -0.39 is 0 Å². The van der Waals surface area contributed by atoms with Gasteiger partial charge in [-0.05, 0) is 12.5 Å². The van der Waals surface area contributed by atoms with Crippen molar-refractivity contribution in [3.05, 3.63) is 48.4 Å². The number of carbonyl (C=O) groups is 2. The van der Waals surface area contributed by atoms with E-state index in [4.69, 9.17) is 4.74 Å². The zero-order valence-corrected chi connectivity index (χ0v) is 15.2. The SMILES string of the molecule is CCOc1nccn2c(-c3ccc(CNC(=O)CNC(C)=O)cc3)cnc12. The number of fused-ring (bicyclic) bond motifs is 1. The second-order valence-corrected chi connectivity index (χ2v) is 5.89. The van der Waals surface area contributed by atoms with Gasteiger partial charge in [-0.1, -0.05) is 24.3 Å². The van der Waals surface area contributed by atoms with Crippen molar-refractivity contribution in [1.29, 1.82) is 0 Å². The molecule has 0 atom stereocenters. The zero-order chi connectivity index (χ0) is 19.2. The van der Waals surface area contributed by atoms with Gasteiger partial charge in [-0.3, -0.25) is 14.0 Å². The first-order valence-electron chi connectivity index (χ1n) is 8.63. The van der Waals surface area contributed by atoms with E-state index in [0.717, 1.165) is 16.8 Å². The number of carbonyl (C=O) groups excluding carboxylic acids is 2. The van der Waals surface area contributed by atoms with Crippen LogP contribution in [0, 0.1) is 0 Å². The van der Waals surface area contributed by atoms with Crippen molar-refractivity contribution in [2.75, 3.05) is 13.2 Å². The number of rotatable bonds is 7. The van der Waals surface area contributed by atoms with E-state index in [1.807, 2.05) is 41.8 Å². The Balaban J connectivity index is 1.70. The predicted octanol–water partition coefficient (Wildman–Crippen LogP) is 1.55. The molecule has 0 aliphatic rings. The lowest BCUT2D eigenvalue weighted by Gasteiger charge is -2.08. The number of hydrogen-bond donors (Lipinski definition) is 2. The number of hydrogen-bond acceptors (Lipinski definition) is 5. The Morgan fingerprint density at radius 1 is 1.15 bits per heavy atom. The Bertz CT molecular complexity index is 950. The van der Waals surface area contributed by atoms with Crippen LogP contribution in [0.3, 0.4) is 0 Å². The van der Waals surface area contributed by atoms with Crippen molar-refractivity contribution >= 4 is 17.5 Å². The average molecular weight is 367 g/mol. The summed E-state index contributed by atoms with van der Waals surface area (Å²) < 4.78 is 7.45. The Labute approximate surface area is 156 Å². The Hall–Kier alpha value is -3.42. The van der Waals surface area contributed by atoms with Crippen molar-refractivity contribution < 1.29 is 14.3 Å². The summed E-state index contributed by atoms with van der Waals surface area (Å²) in [6, 6.07) is 7.83. The van der Waals surface area contributed by atoms with Gasteiger partial charge in [0.2, 0.25) is 17.5 Å². The van der Waals surface area contributed by atoms with Crippen molar-refractivity contribution in [2.45, 2.75) is 20.4 Å². The summed E-state index contributed by atoms with van der Waals surface area (Å²) in [5, 5.41) is 5.23. The van der Waals surface area contributed by atoms with Gasteiger partial charge in [-0.2, -0.15) is 0 Å². The molecule has 0 unspecified atom stereocenters. The molecule has 140 valence electrons. The smallest absolute Gasteiger partial charge is 0.258 e. The number of aromatic nitrogens is 3. The maximum absolute atomic E-state index is 11.7. The highest BCUT2D eigenvalue weighted by molar-refractivity contribution is 5.83. The molecule has 0 aliphatic heterocycles. The maximum atomic E-state index is 11.7. The fourth-order valence-corrected chi connectivity index (χ4v) is 2.61. The highest BCUT2D eigenvalue weighted by Crippen LogP contribution is 2.24. The normalized spacial score (nSPS) is 10.6. The molecule has 3 aromatic rings. The lowest BCUT2D eigenvalue weighted by Crippen LogP contribution is -2.35. The summed E-state index contributed by atoms with van der Waals surface area (Å²) in [7, 11) is 0. The zero-order valence-electron chi connectivity index (χ0n) is 15.2. The molecule has 2 N–H and O–H groups in total. The van der Waals surface area contributed by atoms with Gasteiger partial charge in [0.05, 0.1) is 25.0 Å². The minimum Gasteiger partial charge on any atom is -0.475 e. The minimum atomic E-state index is -0.231. The summed E-state index contributed by atoms with van der Waals surface area (Å²) in [4.78, 5) is 31.1. The van der Waals surface area contributed by atoms with Crippen molar-refractivity contribution in [3.8, 4) is 17.1 Å². The molecule has 0 radical (unpaired) electrons. The topological polar surface area (TPSA) is 97.6 Å². The van der Waals surface area contributed by atoms with E-state index in [1.54, 1.807) is 12.4 Å². The van der Waals surface area contributed by atoms with Crippen LogP contribution < -0.4 is 15.4 Å². The van der Waals surface area contributed by atoms with Crippen LogP contribution in [0.2, 0.25) is 0 Å². The average Bonchev–Trinajstić information content (AvgIpc) is 3.10. The first kappa shape index (κ1) is 18.4. The predicted molar refractivity (Wildman–Crippen MR) is 100 cm³/mol. The van der Waals surface area contributed by atoms with Gasteiger partial charge in [-0.15, -0.1) is 0 Å². The van der Waals surface area contributed by atoms with Crippen LogP contribution in [0.25, 0.3) is 16.9 Å². The van der Waals surface area contributed by atoms with Crippen LogP contribution in [-0.2, 0) is 16.1 Å². The quantitative estimate of drug-likeness (QED) is 0.660. The summed E-state index contributed by atoms with van der Waals surface area (Å²) in [5.41, 5.74) is 3.54. The molecule has 1 aromatic carbocycles. The molecular formula is C19H21N5O3. The second-order valence-electron chi connectivity index (χ2n) is 5.89. The number of benzene rings is 1. The van der Waals surface area contributed by atoms with Crippen LogP contribution >= 0.6 is 0 Å². The fourth-order valence-electron chi connectivity index (χ4n) is 2.61. The molecule has 8 nitrogen and oxygen atoms in total. The van der Waals surface area contributed by atoms with E-state index in [1.165, 1.54) is 6.92 Å². The number of ether oxygens (including phenoxy) is 1. The van der Waals surface area contributed by atoms with Gasteiger partial charge in [-0.25, -0.2) is 9.97 Å². The summed E-state index contributed by atoms with van der Waals surface area (Å²) in [6.45, 7) is 4.18. The van der Waals surface area contributed by atoms with Crippen LogP contribution in [0.5, 0.6) is 5.88 Å². The molecule has 0 fully saturated rings. The third kappa shape index (κ3) is 4.41. The number of imidazole rings is 1. The largest absolute Gasteiger partial charge is 0.475 e. The molecule has 0 saturated heterocycles. The maximum Gasteiger partial charge on any atom is 0.258 e. The van der Waals surface area contributed by atoms with Gasteiger partial charge in [0.25, 0.3) is 5.88 Å². The molecular weight excluding hydrogens is 346 g/mol. The lowest BCUT2D eigenvalue weighted by molar-refractivity contribution is -0.125. The van der Waals surface area contributed by atoms with E-state index in [-0.39, 0.29) is 18.4 Å². The van der Waals surface area contributed by atoms with E-state index in [0.29, 0.717) is 24.7 Å². The molecule has 0 saturated carbocycles. The number of nitrogens with one attached hydrogen (secondary N) is 2. The molecule has 3 rings (SSSR count). The minimum absolute atomic E-state index is 0.0224. The van der Waals surface area contributed by atoms with Crippen molar-refractivity contribution in [1.82, 2.24) is 25.0 Å². The third-order valence-electron chi connectivity index (χ3n) is 3.91. The van der Waals surface area contributed by atoms with E-state index in [9.17, 15) is 9.59 Å². The summed E-state index contributed by atoms with van der Waals surface area (Å²) in [6.07, 6.45) is 5.31. The molecule has 0 bridgehead atoms. The molecule has 2 aromatic heterocycles. The lowest BCUT2D eigenvalue weighted by atomic mass is 10.1. The Morgan fingerprint density at radius 3 is 2.63 bits per heavy atom. The molecule has 0 spiro atoms. The third-order valence-corrected chi connectivity index (χ3v) is 3.91. The highest BCUT2D eigenvalue weighted by atomic mass is 16.5. The standard InChI is InChI=1S/C19H21N5O3/c1-3-27-19-18-23-11-16(24(18)9-8-20-19)15-6-4-14(5-7-15)10-22-17(26)12-21-13(2)25/h4-9,11H,3,10,12H2,1-2H3,(H,21,25)(H,22,26). The number of nitrogens with zero attached hydrogens (tertiary/aromatic N) is 3. The van der Waals surface area contributed by atoms with Crippen LogP contribution in [-0.4, -0.2) is 39.3 Å². The van der Waals surface area contributed by atoms with Gasteiger partial charge in [0, 0.05) is 31.4 Å². The molecule has 0 aliphatic carbocycles. The molecule has 27 heavy (non-hydrogen) atoms. The Morgan fingerprint density at radius 2 is 1.93 bits per heavy atom. The highest BCUT2D eigenvalue weighted by Gasteiger charge is 2.11. The summed E-state index contributed by atoms with van der Waals surface area (Å²) in [5.74, 6) is 0.0435. The second kappa shape index (κ2) is 8.31. The molecule has 2 heterocycles. The van der Waals surface area contributed by atoms with Crippen molar-refractivity contribution in [2.24, 2.45) is 0 Å². The molecule has 8 heteroatoms. The molecule has 2 amide bonds. The van der Waals surface area contributed by atoms with Gasteiger partial charge < -0.3 is 15.4 Å². The van der Waals surface area contributed by atoms with Gasteiger partial charge >= 0.3 is 0 Å². The van der Waals surface area contributed by atoms with Gasteiger partial charge in [0.15, 0.2) is 0 Å². The van der Waals surface area contributed by atoms with Crippen LogP contribution in [0.15, 0.2) is 42.9 Å². The first-order valence-corrected chi connectivity index (χ1v) is 8.63. The Kier molecular flexibility index (Phi) is 5.65. The van der Waals surface area contributed by atoms with Crippen LogP contribution in [0.4, 0.5) is 0 Å². The van der Waals surface area contributed by atoms with E-state index >= 15 is 0 Å². The van der Waals surface area contributed by atoms with Crippen LogP contribution in [0.1, 0.15) is 19.4 Å². The van der Waals surface area contributed by atoms with Gasteiger partial charge in [0.1, 0.15) is 0 Å². The monoisotopic (exact) mass is 367 g/mol. The first-order chi connectivity index (χ1) is 13.1. The number of amides is 2. The summed E-state index contributed by atoms with van der Waals surface area (Å²) >= 11 is 0. The van der Waals surface area contributed by atoms with E-state index in [2.05, 4.69) is 20.6 Å². The van der Waals surface area contributed by atoms with Crippen molar-refractivity contribution in [3.63, 3.8) is 0 Å².